The van der Waals surface area contributed by atoms with E-state index < -0.39 is 17.6 Å². The van der Waals surface area contributed by atoms with Gasteiger partial charge in [-0.15, -0.1) is 0 Å². The van der Waals surface area contributed by atoms with Crippen molar-refractivity contribution < 1.29 is 22.7 Å². The Kier molecular flexibility index (Phi) is 7.22. The zero-order chi connectivity index (χ0) is 26.4. The summed E-state index contributed by atoms with van der Waals surface area (Å²) in [6.45, 7) is 0.0707. The van der Waals surface area contributed by atoms with E-state index in [0.29, 0.717) is 27.8 Å². The summed E-state index contributed by atoms with van der Waals surface area (Å²) < 4.78 is 45.1. The number of amides is 1. The lowest BCUT2D eigenvalue weighted by Crippen LogP contribution is -2.14. The summed E-state index contributed by atoms with van der Waals surface area (Å²) >= 11 is 0. The molecule has 0 atom stereocenters. The molecule has 0 aromatic heterocycles. The number of alkyl halides is 3. The number of nitrogens with one attached hydrogen (secondary N) is 1. The van der Waals surface area contributed by atoms with Gasteiger partial charge in [0.15, 0.2) is 0 Å². The molecule has 0 radical (unpaired) electrons. The lowest BCUT2D eigenvalue weighted by molar-refractivity contribution is -0.137. The molecule has 0 aliphatic carbocycles. The third kappa shape index (κ3) is 5.77. The van der Waals surface area contributed by atoms with Gasteiger partial charge >= 0.3 is 6.18 Å². The van der Waals surface area contributed by atoms with E-state index in [9.17, 15) is 28.5 Å². The number of fused-ring (bicyclic) bond motifs is 1. The molecule has 0 aliphatic heterocycles. The van der Waals surface area contributed by atoms with Crippen molar-refractivity contribution >= 4 is 28.4 Å². The SMILES string of the molecule is N#C/C(=C/c1c(OCc2ccccc2C#N)ccc2ccccc12)C(=O)Nc1cccc(C(F)(F)F)c1. The van der Waals surface area contributed by atoms with Crippen LogP contribution >= 0.6 is 0 Å². The molecule has 0 spiro atoms. The Labute approximate surface area is 210 Å². The van der Waals surface area contributed by atoms with Crippen molar-refractivity contribution in [3.63, 3.8) is 0 Å². The minimum Gasteiger partial charge on any atom is -0.488 e. The van der Waals surface area contributed by atoms with Crippen LogP contribution in [0, 0.1) is 22.7 Å². The van der Waals surface area contributed by atoms with E-state index in [-0.39, 0.29) is 17.9 Å². The average Bonchev–Trinajstić information content (AvgIpc) is 2.90. The number of nitriles is 2. The van der Waals surface area contributed by atoms with Crippen molar-refractivity contribution in [2.75, 3.05) is 5.32 Å². The fourth-order valence-corrected chi connectivity index (χ4v) is 3.73. The Morgan fingerprint density at radius 1 is 0.946 bits per heavy atom. The summed E-state index contributed by atoms with van der Waals surface area (Å²) in [6, 6.07) is 25.9. The zero-order valence-corrected chi connectivity index (χ0v) is 19.2. The Bertz CT molecular complexity index is 1590. The standard InChI is InChI=1S/C29H18F3N3O2/c30-29(31,32)23-9-5-10-24(15-23)35-28(36)22(17-34)14-26-25-11-4-3-6-19(25)12-13-27(26)37-18-21-8-2-1-7-20(21)16-33/h1-15H,18H2,(H,35,36)/b22-14-. The van der Waals surface area contributed by atoms with Crippen LogP contribution in [-0.4, -0.2) is 5.91 Å². The molecular formula is C29H18F3N3O2. The van der Waals surface area contributed by atoms with Gasteiger partial charge in [0, 0.05) is 16.8 Å². The summed E-state index contributed by atoms with van der Waals surface area (Å²) in [6.07, 6.45) is -3.23. The first-order valence-electron chi connectivity index (χ1n) is 11.0. The van der Waals surface area contributed by atoms with E-state index in [1.165, 1.54) is 18.2 Å². The predicted molar refractivity (Wildman–Crippen MR) is 133 cm³/mol. The van der Waals surface area contributed by atoms with Crippen LogP contribution in [0.1, 0.15) is 22.3 Å². The van der Waals surface area contributed by atoms with Gasteiger partial charge in [-0.2, -0.15) is 23.7 Å². The largest absolute Gasteiger partial charge is 0.488 e. The first-order valence-corrected chi connectivity index (χ1v) is 11.0. The highest BCUT2D eigenvalue weighted by Crippen LogP contribution is 2.32. The smallest absolute Gasteiger partial charge is 0.416 e. The molecule has 8 heteroatoms. The van der Waals surface area contributed by atoms with Gasteiger partial charge in [0.05, 0.1) is 17.2 Å². The molecule has 0 saturated heterocycles. The molecule has 182 valence electrons. The second-order valence-electron chi connectivity index (χ2n) is 7.96. The molecule has 0 aliphatic rings. The van der Waals surface area contributed by atoms with Gasteiger partial charge in [-0.1, -0.05) is 54.6 Å². The number of ether oxygens (including phenoxy) is 1. The Hall–Kier alpha value is -5.08. The second-order valence-corrected chi connectivity index (χ2v) is 7.96. The topological polar surface area (TPSA) is 85.9 Å². The quantitative estimate of drug-likeness (QED) is 0.233. The third-order valence-corrected chi connectivity index (χ3v) is 5.55. The maximum atomic E-state index is 13.0. The molecule has 0 saturated carbocycles. The number of halogens is 3. The van der Waals surface area contributed by atoms with Gasteiger partial charge in [0.25, 0.3) is 5.91 Å². The number of rotatable bonds is 6. The molecule has 4 aromatic rings. The minimum atomic E-state index is -4.58. The Balaban J connectivity index is 1.70. The highest BCUT2D eigenvalue weighted by atomic mass is 19.4. The molecule has 0 heterocycles. The Morgan fingerprint density at radius 3 is 2.46 bits per heavy atom. The van der Waals surface area contributed by atoms with E-state index in [2.05, 4.69) is 11.4 Å². The summed E-state index contributed by atoms with van der Waals surface area (Å²) in [7, 11) is 0. The van der Waals surface area contributed by atoms with E-state index in [1.807, 2.05) is 24.3 Å². The molecular weight excluding hydrogens is 479 g/mol. The zero-order valence-electron chi connectivity index (χ0n) is 19.2. The molecule has 1 N–H and O–H groups in total. The summed E-state index contributed by atoms with van der Waals surface area (Å²) in [5.41, 5.74) is 0.229. The maximum absolute atomic E-state index is 13.0. The van der Waals surface area contributed by atoms with Crippen LogP contribution in [0.3, 0.4) is 0 Å². The van der Waals surface area contributed by atoms with Crippen molar-refractivity contribution in [1.82, 2.24) is 0 Å². The van der Waals surface area contributed by atoms with Crippen molar-refractivity contribution in [3.05, 3.63) is 113 Å². The number of carbonyl (C=O) groups excluding carboxylic acids is 1. The molecule has 0 fully saturated rings. The lowest BCUT2D eigenvalue weighted by Gasteiger charge is -2.14. The molecule has 0 unspecified atom stereocenters. The molecule has 4 rings (SSSR count). The van der Waals surface area contributed by atoms with E-state index in [1.54, 1.807) is 42.5 Å². The molecule has 37 heavy (non-hydrogen) atoms. The third-order valence-electron chi connectivity index (χ3n) is 5.55. The van der Waals surface area contributed by atoms with Gasteiger partial charge < -0.3 is 10.1 Å². The number of hydrogen-bond acceptors (Lipinski definition) is 4. The van der Waals surface area contributed by atoms with Crippen molar-refractivity contribution in [2.45, 2.75) is 12.8 Å². The molecule has 4 aromatic carbocycles. The van der Waals surface area contributed by atoms with Crippen LogP contribution in [0.5, 0.6) is 5.75 Å². The van der Waals surface area contributed by atoms with Crippen LogP contribution < -0.4 is 10.1 Å². The van der Waals surface area contributed by atoms with E-state index >= 15 is 0 Å². The summed E-state index contributed by atoms with van der Waals surface area (Å²) in [5.74, 6) is -0.499. The van der Waals surface area contributed by atoms with Crippen LogP contribution in [0.4, 0.5) is 18.9 Å². The maximum Gasteiger partial charge on any atom is 0.416 e. The van der Waals surface area contributed by atoms with Gasteiger partial charge in [0.1, 0.15) is 24.0 Å². The first kappa shape index (κ1) is 25.0. The minimum absolute atomic E-state index is 0.0707. The van der Waals surface area contributed by atoms with E-state index in [0.717, 1.165) is 17.5 Å². The number of carbonyl (C=O) groups is 1. The van der Waals surface area contributed by atoms with Crippen molar-refractivity contribution in [3.8, 4) is 17.9 Å². The van der Waals surface area contributed by atoms with Crippen LogP contribution in [0.15, 0.2) is 90.5 Å². The highest BCUT2D eigenvalue weighted by Gasteiger charge is 2.30. The predicted octanol–water partition coefficient (Wildman–Crippen LogP) is 6.85. The molecule has 5 nitrogen and oxygen atoms in total. The van der Waals surface area contributed by atoms with E-state index in [4.69, 9.17) is 4.74 Å². The highest BCUT2D eigenvalue weighted by molar-refractivity contribution is 6.11. The monoisotopic (exact) mass is 497 g/mol. The van der Waals surface area contributed by atoms with Gasteiger partial charge in [-0.05, 0) is 47.2 Å². The number of nitrogens with zero attached hydrogens (tertiary/aromatic N) is 2. The molecule has 1 amide bonds. The van der Waals surface area contributed by atoms with Crippen molar-refractivity contribution in [2.24, 2.45) is 0 Å². The normalized spacial score (nSPS) is 11.4. The fourth-order valence-electron chi connectivity index (χ4n) is 3.73. The van der Waals surface area contributed by atoms with Crippen LogP contribution in [-0.2, 0) is 17.6 Å². The number of anilines is 1. The van der Waals surface area contributed by atoms with Crippen molar-refractivity contribution in [1.29, 1.82) is 10.5 Å². The lowest BCUT2D eigenvalue weighted by atomic mass is 10.0. The Morgan fingerprint density at radius 2 is 1.70 bits per heavy atom. The summed E-state index contributed by atoms with van der Waals surface area (Å²) in [4.78, 5) is 12.9. The second kappa shape index (κ2) is 10.7. The fraction of sp³-hybridized carbons (Fsp3) is 0.0690. The molecule has 0 bridgehead atoms. The van der Waals surface area contributed by atoms with Gasteiger partial charge in [0.2, 0.25) is 0 Å². The summed E-state index contributed by atoms with van der Waals surface area (Å²) in [5, 5.41) is 23.0. The van der Waals surface area contributed by atoms with Crippen LogP contribution in [0.2, 0.25) is 0 Å². The first-order chi connectivity index (χ1) is 17.8. The van der Waals surface area contributed by atoms with Gasteiger partial charge in [-0.25, -0.2) is 0 Å². The van der Waals surface area contributed by atoms with Gasteiger partial charge in [-0.3, -0.25) is 4.79 Å². The van der Waals surface area contributed by atoms with Crippen LogP contribution in [0.25, 0.3) is 16.8 Å². The number of benzene rings is 4. The number of hydrogen-bond donors (Lipinski definition) is 1. The average molecular weight is 497 g/mol.